The van der Waals surface area contributed by atoms with Gasteiger partial charge in [0.1, 0.15) is 6.04 Å². The number of anilines is 1. The highest BCUT2D eigenvalue weighted by Crippen LogP contribution is 2.38. The summed E-state index contributed by atoms with van der Waals surface area (Å²) in [5.74, 6) is -1.26. The summed E-state index contributed by atoms with van der Waals surface area (Å²) in [4.78, 5) is 38.6. The largest absolute Gasteiger partial charge is 0.324 e. The maximum Gasteiger partial charge on any atom is 0.247 e. The van der Waals surface area contributed by atoms with Crippen molar-refractivity contribution >= 4 is 35.0 Å². The molecule has 23 heavy (non-hydrogen) atoms. The molecule has 2 fully saturated rings. The van der Waals surface area contributed by atoms with Gasteiger partial charge in [0.15, 0.2) is 0 Å². The van der Waals surface area contributed by atoms with Crippen molar-refractivity contribution in [3.05, 3.63) is 29.3 Å². The Kier molecular flexibility index (Phi) is 4.39. The second-order valence-electron chi connectivity index (χ2n) is 6.22. The van der Waals surface area contributed by atoms with Gasteiger partial charge in [-0.2, -0.15) is 0 Å². The van der Waals surface area contributed by atoms with Crippen molar-refractivity contribution in [2.75, 3.05) is 5.32 Å². The molecule has 122 valence electrons. The van der Waals surface area contributed by atoms with Crippen LogP contribution in [0.25, 0.3) is 0 Å². The Balaban J connectivity index is 1.74. The minimum Gasteiger partial charge on any atom is -0.324 e. The maximum absolute atomic E-state index is 12.5. The molecule has 3 unspecified atom stereocenters. The molecule has 0 aromatic heterocycles. The van der Waals surface area contributed by atoms with Crippen LogP contribution in [0, 0.1) is 11.8 Å². The lowest BCUT2D eigenvalue weighted by Crippen LogP contribution is -2.46. The summed E-state index contributed by atoms with van der Waals surface area (Å²) < 4.78 is 0. The number of benzene rings is 1. The van der Waals surface area contributed by atoms with E-state index in [2.05, 4.69) is 5.32 Å². The van der Waals surface area contributed by atoms with Gasteiger partial charge in [0.05, 0.1) is 11.8 Å². The summed E-state index contributed by atoms with van der Waals surface area (Å²) in [5.41, 5.74) is 0.547. The summed E-state index contributed by atoms with van der Waals surface area (Å²) in [5, 5.41) is 3.22. The van der Waals surface area contributed by atoms with Crippen LogP contribution in [-0.2, 0) is 14.4 Å². The van der Waals surface area contributed by atoms with E-state index in [0.29, 0.717) is 10.7 Å². The van der Waals surface area contributed by atoms with Crippen LogP contribution >= 0.6 is 11.6 Å². The predicted molar refractivity (Wildman–Crippen MR) is 86.8 cm³/mol. The summed E-state index contributed by atoms with van der Waals surface area (Å²) in [6.07, 6.45) is 3.43. The third-order valence-corrected chi connectivity index (χ3v) is 4.97. The smallest absolute Gasteiger partial charge is 0.247 e. The first-order valence-electron chi connectivity index (χ1n) is 7.92. The van der Waals surface area contributed by atoms with E-state index in [-0.39, 0.29) is 29.6 Å². The number of hydrogen-bond donors (Lipinski definition) is 1. The van der Waals surface area contributed by atoms with Crippen LogP contribution in [0.15, 0.2) is 24.3 Å². The Morgan fingerprint density at radius 2 is 1.83 bits per heavy atom. The number of amides is 3. The number of imide groups is 1. The van der Waals surface area contributed by atoms with Crippen LogP contribution in [0.2, 0.25) is 5.02 Å². The molecular weight excluding hydrogens is 316 g/mol. The number of carbonyl (C=O) groups excluding carboxylic acids is 3. The molecular formula is C17H19ClN2O3. The Hall–Kier alpha value is -1.88. The van der Waals surface area contributed by atoms with Gasteiger partial charge in [-0.1, -0.05) is 30.5 Å². The molecule has 1 N–H and O–H groups in total. The fourth-order valence-corrected chi connectivity index (χ4v) is 3.69. The lowest BCUT2D eigenvalue weighted by atomic mass is 9.81. The number of likely N-dealkylation sites (tertiary alicyclic amines) is 1. The van der Waals surface area contributed by atoms with Gasteiger partial charge in [-0.25, -0.2) is 0 Å². The van der Waals surface area contributed by atoms with Crippen molar-refractivity contribution in [3.63, 3.8) is 0 Å². The van der Waals surface area contributed by atoms with Crippen molar-refractivity contribution in [2.24, 2.45) is 11.8 Å². The van der Waals surface area contributed by atoms with Gasteiger partial charge >= 0.3 is 0 Å². The number of nitrogens with zero attached hydrogens (tertiary/aromatic N) is 1. The SMILES string of the molecule is CC(C(=O)Nc1cccc(Cl)c1)N1C(=O)C2CCCCC2C1=O. The summed E-state index contributed by atoms with van der Waals surface area (Å²) in [7, 11) is 0. The molecule has 3 atom stereocenters. The molecule has 1 saturated carbocycles. The van der Waals surface area contributed by atoms with Gasteiger partial charge in [0.25, 0.3) is 0 Å². The normalized spacial score (nSPS) is 25.2. The molecule has 0 bridgehead atoms. The quantitative estimate of drug-likeness (QED) is 0.864. The molecule has 0 spiro atoms. The van der Waals surface area contributed by atoms with E-state index in [4.69, 9.17) is 11.6 Å². The van der Waals surface area contributed by atoms with Crippen molar-refractivity contribution in [1.82, 2.24) is 4.90 Å². The maximum atomic E-state index is 12.5. The van der Waals surface area contributed by atoms with Gasteiger partial charge in [-0.05, 0) is 38.0 Å². The highest BCUT2D eigenvalue weighted by Gasteiger charge is 2.50. The standard InChI is InChI=1S/C17H19ClN2O3/c1-10(15(21)19-12-6-4-5-11(18)9-12)20-16(22)13-7-2-3-8-14(13)17(20)23/h4-6,9-10,13-14H,2-3,7-8H2,1H3,(H,19,21). The van der Waals surface area contributed by atoms with Gasteiger partial charge in [0, 0.05) is 10.7 Å². The summed E-state index contributed by atoms with van der Waals surface area (Å²) in [6, 6.07) is 5.95. The zero-order valence-corrected chi connectivity index (χ0v) is 13.7. The van der Waals surface area contributed by atoms with Crippen molar-refractivity contribution in [1.29, 1.82) is 0 Å². The molecule has 1 heterocycles. The van der Waals surface area contributed by atoms with Crippen molar-refractivity contribution in [2.45, 2.75) is 38.6 Å². The Bertz CT molecular complexity index is 637. The van der Waals surface area contributed by atoms with Crippen LogP contribution < -0.4 is 5.32 Å². The van der Waals surface area contributed by atoms with Gasteiger partial charge < -0.3 is 5.32 Å². The predicted octanol–water partition coefficient (Wildman–Crippen LogP) is 2.84. The van der Waals surface area contributed by atoms with Crippen LogP contribution in [0.5, 0.6) is 0 Å². The number of nitrogens with one attached hydrogen (secondary N) is 1. The molecule has 1 aliphatic carbocycles. The molecule has 1 aliphatic heterocycles. The Morgan fingerprint density at radius 1 is 1.22 bits per heavy atom. The second-order valence-corrected chi connectivity index (χ2v) is 6.66. The molecule has 0 radical (unpaired) electrons. The fourth-order valence-electron chi connectivity index (χ4n) is 3.50. The van der Waals surface area contributed by atoms with Crippen LogP contribution in [-0.4, -0.2) is 28.7 Å². The summed E-state index contributed by atoms with van der Waals surface area (Å²) >= 11 is 5.89. The lowest BCUT2D eigenvalue weighted by molar-refractivity contribution is -0.146. The van der Waals surface area contributed by atoms with Gasteiger partial charge in [-0.15, -0.1) is 0 Å². The van der Waals surface area contributed by atoms with Gasteiger partial charge in [-0.3, -0.25) is 19.3 Å². The number of rotatable bonds is 3. The van der Waals surface area contributed by atoms with E-state index < -0.39 is 6.04 Å². The first kappa shape index (κ1) is 16.0. The highest BCUT2D eigenvalue weighted by molar-refractivity contribution is 6.30. The third kappa shape index (κ3) is 2.98. The number of halogens is 1. The fraction of sp³-hybridized carbons (Fsp3) is 0.471. The molecule has 3 rings (SSSR count). The highest BCUT2D eigenvalue weighted by atomic mass is 35.5. The van der Waals surface area contributed by atoms with E-state index in [1.165, 1.54) is 0 Å². The van der Waals surface area contributed by atoms with E-state index in [1.54, 1.807) is 31.2 Å². The molecule has 2 aliphatic rings. The molecule has 6 heteroatoms. The first-order chi connectivity index (χ1) is 11.0. The molecule has 3 amide bonds. The zero-order chi connectivity index (χ0) is 16.6. The first-order valence-corrected chi connectivity index (χ1v) is 8.30. The van der Waals surface area contributed by atoms with Crippen LogP contribution in [0.4, 0.5) is 5.69 Å². The second kappa shape index (κ2) is 6.32. The lowest BCUT2D eigenvalue weighted by Gasteiger charge is -2.22. The van der Waals surface area contributed by atoms with Crippen molar-refractivity contribution in [3.8, 4) is 0 Å². The monoisotopic (exact) mass is 334 g/mol. The number of fused-ring (bicyclic) bond motifs is 1. The third-order valence-electron chi connectivity index (χ3n) is 4.73. The van der Waals surface area contributed by atoms with E-state index >= 15 is 0 Å². The van der Waals surface area contributed by atoms with E-state index in [0.717, 1.165) is 30.6 Å². The molecule has 5 nitrogen and oxygen atoms in total. The molecule has 1 aromatic carbocycles. The van der Waals surface area contributed by atoms with Crippen LogP contribution in [0.3, 0.4) is 0 Å². The average Bonchev–Trinajstić information content (AvgIpc) is 2.79. The summed E-state index contributed by atoms with van der Waals surface area (Å²) in [6.45, 7) is 1.59. The van der Waals surface area contributed by atoms with Crippen LogP contribution in [0.1, 0.15) is 32.6 Å². The van der Waals surface area contributed by atoms with E-state index in [1.807, 2.05) is 0 Å². The number of carbonyl (C=O) groups is 3. The van der Waals surface area contributed by atoms with Crippen molar-refractivity contribution < 1.29 is 14.4 Å². The Labute approximate surface area is 140 Å². The average molecular weight is 335 g/mol. The van der Waals surface area contributed by atoms with Gasteiger partial charge in [0.2, 0.25) is 17.7 Å². The minimum atomic E-state index is -0.820. The zero-order valence-electron chi connectivity index (χ0n) is 12.9. The van der Waals surface area contributed by atoms with E-state index in [9.17, 15) is 14.4 Å². The minimum absolute atomic E-state index is 0.201. The molecule has 1 aromatic rings. The number of hydrogen-bond acceptors (Lipinski definition) is 3. The topological polar surface area (TPSA) is 66.5 Å². The Morgan fingerprint density at radius 3 is 2.39 bits per heavy atom. The molecule has 1 saturated heterocycles.